The zero-order chi connectivity index (χ0) is 11.1. The van der Waals surface area contributed by atoms with Crippen molar-refractivity contribution in [1.29, 1.82) is 0 Å². The predicted molar refractivity (Wildman–Crippen MR) is 53.5 cm³/mol. The average Bonchev–Trinajstić information content (AvgIpc) is 2.27. The van der Waals surface area contributed by atoms with Gasteiger partial charge in [-0.25, -0.2) is 0 Å². The average molecular weight is 208 g/mol. The molecule has 0 aliphatic carbocycles. The van der Waals surface area contributed by atoms with Crippen molar-refractivity contribution in [3.05, 3.63) is 30.1 Å². The first-order chi connectivity index (χ1) is 7.24. The number of hydrazine groups is 1. The zero-order valence-corrected chi connectivity index (χ0v) is 8.06. The molecule has 15 heavy (non-hydrogen) atoms. The van der Waals surface area contributed by atoms with Crippen LogP contribution in [0.25, 0.3) is 0 Å². The van der Waals surface area contributed by atoms with Gasteiger partial charge in [0.15, 0.2) is 0 Å². The van der Waals surface area contributed by atoms with Crippen LogP contribution in [0.1, 0.15) is 16.8 Å². The van der Waals surface area contributed by atoms with Crippen LogP contribution in [-0.2, 0) is 4.79 Å². The Kier molecular flexibility index (Phi) is 4.24. The second kappa shape index (κ2) is 5.71. The molecular weight excluding hydrogens is 196 g/mol. The molecule has 1 aromatic rings. The number of nitrogens with two attached hydrogens (primary N) is 1. The maximum atomic E-state index is 11.4. The SMILES string of the molecule is NCCC(=O)NNC(=O)c1ccncc1. The normalized spacial score (nSPS) is 9.40. The molecule has 2 amide bonds. The molecule has 0 aliphatic heterocycles. The lowest BCUT2D eigenvalue weighted by Crippen LogP contribution is -2.42. The molecule has 0 aromatic carbocycles. The number of hydrogen-bond acceptors (Lipinski definition) is 4. The van der Waals surface area contributed by atoms with Crippen LogP contribution in [0.15, 0.2) is 24.5 Å². The third-order valence-electron chi connectivity index (χ3n) is 1.63. The Bertz CT molecular complexity index is 339. The van der Waals surface area contributed by atoms with E-state index in [1.54, 1.807) is 12.1 Å². The molecule has 0 fully saturated rings. The van der Waals surface area contributed by atoms with Crippen LogP contribution < -0.4 is 16.6 Å². The summed E-state index contributed by atoms with van der Waals surface area (Å²) in [5.41, 5.74) is 10.1. The molecule has 0 aliphatic rings. The maximum Gasteiger partial charge on any atom is 0.269 e. The van der Waals surface area contributed by atoms with Crippen LogP contribution in [0.3, 0.4) is 0 Å². The van der Waals surface area contributed by atoms with Gasteiger partial charge in [-0.3, -0.25) is 25.4 Å². The van der Waals surface area contributed by atoms with Crippen molar-refractivity contribution in [1.82, 2.24) is 15.8 Å². The number of aromatic nitrogens is 1. The minimum absolute atomic E-state index is 0.177. The van der Waals surface area contributed by atoms with Gasteiger partial charge < -0.3 is 5.73 Å². The Morgan fingerprint density at radius 3 is 2.53 bits per heavy atom. The first-order valence-corrected chi connectivity index (χ1v) is 4.43. The molecule has 0 unspecified atom stereocenters. The molecule has 80 valence electrons. The second-order valence-electron chi connectivity index (χ2n) is 2.78. The molecule has 1 aromatic heterocycles. The van der Waals surface area contributed by atoms with Gasteiger partial charge in [-0.1, -0.05) is 0 Å². The summed E-state index contributed by atoms with van der Waals surface area (Å²) in [6.07, 6.45) is 3.17. The van der Waals surface area contributed by atoms with Gasteiger partial charge in [-0.15, -0.1) is 0 Å². The fourth-order valence-corrected chi connectivity index (χ4v) is 0.896. The molecule has 0 saturated carbocycles. The molecule has 0 saturated heterocycles. The summed E-state index contributed by atoms with van der Waals surface area (Å²) in [5, 5.41) is 0. The quantitative estimate of drug-likeness (QED) is 0.566. The largest absolute Gasteiger partial charge is 0.330 e. The Morgan fingerprint density at radius 2 is 1.93 bits per heavy atom. The van der Waals surface area contributed by atoms with Crippen LogP contribution in [0.5, 0.6) is 0 Å². The number of carbonyl (C=O) groups is 2. The molecule has 0 atom stereocenters. The van der Waals surface area contributed by atoms with Gasteiger partial charge in [-0.05, 0) is 12.1 Å². The highest BCUT2D eigenvalue weighted by Crippen LogP contribution is 1.94. The fourth-order valence-electron chi connectivity index (χ4n) is 0.896. The predicted octanol–water partition coefficient (Wildman–Crippen LogP) is -0.809. The Balaban J connectivity index is 2.40. The van der Waals surface area contributed by atoms with Gasteiger partial charge in [0.2, 0.25) is 5.91 Å². The number of nitrogens with zero attached hydrogens (tertiary/aromatic N) is 1. The fraction of sp³-hybridized carbons (Fsp3) is 0.222. The smallest absolute Gasteiger partial charge is 0.269 e. The van der Waals surface area contributed by atoms with E-state index in [9.17, 15) is 9.59 Å². The maximum absolute atomic E-state index is 11.4. The zero-order valence-electron chi connectivity index (χ0n) is 8.06. The summed E-state index contributed by atoms with van der Waals surface area (Å²) in [6.45, 7) is 0.247. The summed E-state index contributed by atoms with van der Waals surface area (Å²) in [6, 6.07) is 3.09. The monoisotopic (exact) mass is 208 g/mol. The van der Waals surface area contributed by atoms with Crippen LogP contribution >= 0.6 is 0 Å². The lowest BCUT2D eigenvalue weighted by Gasteiger charge is -2.05. The molecule has 1 heterocycles. The summed E-state index contributed by atoms with van der Waals surface area (Å²) in [7, 11) is 0. The van der Waals surface area contributed by atoms with E-state index in [1.165, 1.54) is 12.4 Å². The van der Waals surface area contributed by atoms with Gasteiger partial charge in [0.05, 0.1) is 0 Å². The minimum atomic E-state index is -0.386. The highest BCUT2D eigenvalue weighted by Gasteiger charge is 2.05. The number of rotatable bonds is 3. The second-order valence-corrected chi connectivity index (χ2v) is 2.78. The topological polar surface area (TPSA) is 97.1 Å². The van der Waals surface area contributed by atoms with Crippen molar-refractivity contribution in [3.8, 4) is 0 Å². The Labute approximate surface area is 86.8 Å². The van der Waals surface area contributed by atoms with Gasteiger partial charge in [-0.2, -0.15) is 0 Å². The van der Waals surface area contributed by atoms with Crippen molar-refractivity contribution in [2.45, 2.75) is 6.42 Å². The lowest BCUT2D eigenvalue weighted by molar-refractivity contribution is -0.121. The number of carbonyl (C=O) groups excluding carboxylic acids is 2. The van der Waals surface area contributed by atoms with Gasteiger partial charge >= 0.3 is 0 Å². The number of amides is 2. The molecule has 0 bridgehead atoms. The van der Waals surface area contributed by atoms with Gasteiger partial charge in [0.1, 0.15) is 0 Å². The molecular formula is C9H12N4O2. The molecule has 6 nitrogen and oxygen atoms in total. The van der Waals surface area contributed by atoms with E-state index in [1.807, 2.05) is 0 Å². The van der Waals surface area contributed by atoms with Crippen LogP contribution in [0.2, 0.25) is 0 Å². The van der Waals surface area contributed by atoms with Crippen LogP contribution in [0, 0.1) is 0 Å². The molecule has 6 heteroatoms. The molecule has 0 radical (unpaired) electrons. The first kappa shape index (κ1) is 11.1. The van der Waals surface area contributed by atoms with Crippen molar-refractivity contribution in [3.63, 3.8) is 0 Å². The van der Waals surface area contributed by atoms with Gasteiger partial charge in [0, 0.05) is 30.9 Å². The van der Waals surface area contributed by atoms with E-state index in [-0.39, 0.29) is 24.8 Å². The van der Waals surface area contributed by atoms with E-state index >= 15 is 0 Å². The summed E-state index contributed by atoms with van der Waals surface area (Å²) >= 11 is 0. The van der Waals surface area contributed by atoms with Crippen molar-refractivity contribution in [2.24, 2.45) is 5.73 Å². The lowest BCUT2D eigenvalue weighted by atomic mass is 10.3. The summed E-state index contributed by atoms with van der Waals surface area (Å²) in [5.74, 6) is -0.706. The molecule has 0 spiro atoms. The number of pyridine rings is 1. The highest BCUT2D eigenvalue weighted by molar-refractivity contribution is 5.95. The first-order valence-electron chi connectivity index (χ1n) is 4.43. The van der Waals surface area contributed by atoms with Crippen molar-refractivity contribution >= 4 is 11.8 Å². The van der Waals surface area contributed by atoms with E-state index in [2.05, 4.69) is 15.8 Å². The van der Waals surface area contributed by atoms with Crippen molar-refractivity contribution in [2.75, 3.05) is 6.54 Å². The standard InChI is InChI=1S/C9H12N4O2/c10-4-1-8(14)12-13-9(15)7-2-5-11-6-3-7/h2-3,5-6H,1,4,10H2,(H,12,14)(H,13,15). The number of hydrogen-bond donors (Lipinski definition) is 3. The minimum Gasteiger partial charge on any atom is -0.330 e. The molecule has 1 rings (SSSR count). The Hall–Kier alpha value is -1.95. The van der Waals surface area contributed by atoms with E-state index in [4.69, 9.17) is 5.73 Å². The van der Waals surface area contributed by atoms with Crippen LogP contribution in [0.4, 0.5) is 0 Å². The van der Waals surface area contributed by atoms with Crippen molar-refractivity contribution < 1.29 is 9.59 Å². The summed E-state index contributed by atoms with van der Waals surface area (Å²) in [4.78, 5) is 26.1. The third-order valence-corrected chi connectivity index (χ3v) is 1.63. The highest BCUT2D eigenvalue weighted by atomic mass is 16.2. The van der Waals surface area contributed by atoms with E-state index in [0.717, 1.165) is 0 Å². The van der Waals surface area contributed by atoms with E-state index in [0.29, 0.717) is 5.56 Å². The summed E-state index contributed by atoms with van der Waals surface area (Å²) < 4.78 is 0. The third kappa shape index (κ3) is 3.74. The Morgan fingerprint density at radius 1 is 1.27 bits per heavy atom. The number of nitrogens with one attached hydrogen (secondary N) is 2. The van der Waals surface area contributed by atoms with E-state index < -0.39 is 0 Å². The molecule has 4 N–H and O–H groups in total. The van der Waals surface area contributed by atoms with Gasteiger partial charge in [0.25, 0.3) is 5.91 Å². The van der Waals surface area contributed by atoms with Crippen LogP contribution in [-0.4, -0.2) is 23.3 Å².